The molecule has 0 saturated carbocycles. The van der Waals surface area contributed by atoms with Crippen molar-refractivity contribution in [2.24, 2.45) is 0 Å². The van der Waals surface area contributed by atoms with Crippen molar-refractivity contribution in [3.63, 3.8) is 0 Å². The minimum absolute atomic E-state index is 0.112. The molecular formula is C50H41N9O4. The van der Waals surface area contributed by atoms with E-state index in [0.29, 0.717) is 54.0 Å². The maximum Gasteiger partial charge on any atom is 0.335 e. The molecule has 0 saturated heterocycles. The molecule has 0 N–H and O–H groups in total. The summed E-state index contributed by atoms with van der Waals surface area (Å²) >= 11 is 0. The average molecular weight is 832 g/mol. The maximum atomic E-state index is 13.8. The molecule has 9 rings (SSSR count). The van der Waals surface area contributed by atoms with Crippen molar-refractivity contribution in [1.29, 1.82) is 10.5 Å². The zero-order chi connectivity index (χ0) is 44.0. The van der Waals surface area contributed by atoms with Crippen LogP contribution in [0.5, 0.6) is 11.5 Å². The van der Waals surface area contributed by atoms with Gasteiger partial charge in [-0.3, -0.25) is 14.3 Å². The number of hydrogen-bond acceptors (Lipinski definition) is 10. The minimum atomic E-state index is -0.271. The number of nitrogens with zero attached hydrogens (tertiary/aromatic N) is 9. The molecule has 0 atom stereocenters. The number of ether oxygens (including phenoxy) is 2. The number of amides is 1. The Kier molecular flexibility index (Phi) is 11.8. The second-order valence-electron chi connectivity index (χ2n) is 14.6. The summed E-state index contributed by atoms with van der Waals surface area (Å²) in [5.74, 6) is 2.64. The highest BCUT2D eigenvalue weighted by molar-refractivity contribution is 6.07. The van der Waals surface area contributed by atoms with E-state index in [1.807, 2.05) is 155 Å². The van der Waals surface area contributed by atoms with E-state index >= 15 is 0 Å². The Morgan fingerprint density at radius 1 is 0.619 bits per heavy atom. The van der Waals surface area contributed by atoms with E-state index in [4.69, 9.17) is 14.5 Å². The number of anilines is 2. The highest BCUT2D eigenvalue weighted by Gasteiger charge is 2.34. The summed E-state index contributed by atoms with van der Waals surface area (Å²) in [5, 5.41) is 19.6. The molecule has 1 aliphatic rings. The van der Waals surface area contributed by atoms with Crippen molar-refractivity contribution in [1.82, 2.24) is 29.1 Å². The topological polar surface area (TPSA) is 165 Å². The normalized spacial score (nSPS) is 11.7. The Morgan fingerprint density at radius 3 is 1.70 bits per heavy atom. The molecule has 0 spiro atoms. The number of fused-ring (bicyclic) bond motifs is 2. The van der Waals surface area contributed by atoms with Gasteiger partial charge in [-0.15, -0.1) is 0 Å². The van der Waals surface area contributed by atoms with Crippen molar-refractivity contribution in [2.45, 2.75) is 40.7 Å². The van der Waals surface area contributed by atoms with Gasteiger partial charge in [-0.2, -0.15) is 10.5 Å². The Morgan fingerprint density at radius 2 is 1.14 bits per heavy atom. The van der Waals surface area contributed by atoms with Crippen LogP contribution in [0.3, 0.4) is 0 Å². The van der Waals surface area contributed by atoms with Crippen molar-refractivity contribution in [3.8, 4) is 52.1 Å². The molecule has 0 bridgehead atoms. The Bertz CT molecular complexity index is 3130. The summed E-state index contributed by atoms with van der Waals surface area (Å²) in [4.78, 5) is 46.6. The highest BCUT2D eigenvalue weighted by Crippen LogP contribution is 2.38. The summed E-state index contributed by atoms with van der Waals surface area (Å²) in [6.07, 6.45) is 0.121. The molecule has 310 valence electrons. The standard InChI is InChI=1S/C28H23N5O2.C22H18N4O2/c1-3-35-22-15-13-21(14-16-22)26-30-23(17-29)25-27(31-26)33(24-12-8-7-9-19(24)2)28(34)32(25)18-20-10-5-4-6-11-20;1-3-28-16-10-8-15(9-11-16)21-24-18(13-23)17-12-20(27)26(22(17)25-21)19-7-5-4-6-14(19)2/h4-16H,3,18H2,1-2H3;4-11H,3,12H2,1-2H3. The van der Waals surface area contributed by atoms with Gasteiger partial charge in [0.15, 0.2) is 23.0 Å². The second kappa shape index (κ2) is 18.1. The van der Waals surface area contributed by atoms with Gasteiger partial charge in [-0.1, -0.05) is 66.7 Å². The van der Waals surface area contributed by atoms with Gasteiger partial charge in [-0.05, 0) is 105 Å². The molecular weight excluding hydrogens is 791 g/mol. The molecule has 3 aromatic heterocycles. The summed E-state index contributed by atoms with van der Waals surface area (Å²) < 4.78 is 14.2. The molecule has 13 heteroatoms. The third-order valence-corrected chi connectivity index (χ3v) is 10.5. The molecule has 8 aromatic rings. The van der Waals surface area contributed by atoms with Gasteiger partial charge in [0, 0.05) is 16.7 Å². The van der Waals surface area contributed by atoms with E-state index in [-0.39, 0.29) is 29.4 Å². The number of hydrogen-bond donors (Lipinski definition) is 0. The maximum absolute atomic E-state index is 13.8. The van der Waals surface area contributed by atoms with Gasteiger partial charge >= 0.3 is 5.69 Å². The number of carbonyl (C=O) groups is 1. The van der Waals surface area contributed by atoms with Gasteiger partial charge in [0.05, 0.1) is 37.6 Å². The predicted octanol–water partition coefficient (Wildman–Crippen LogP) is 8.82. The van der Waals surface area contributed by atoms with Gasteiger partial charge < -0.3 is 9.47 Å². The fourth-order valence-electron chi connectivity index (χ4n) is 7.49. The first-order valence-electron chi connectivity index (χ1n) is 20.4. The van der Waals surface area contributed by atoms with E-state index in [1.54, 1.807) is 14.0 Å². The van der Waals surface area contributed by atoms with Crippen LogP contribution in [0.1, 0.15) is 47.5 Å². The van der Waals surface area contributed by atoms with E-state index in [9.17, 15) is 20.1 Å². The summed E-state index contributed by atoms with van der Waals surface area (Å²) in [5.41, 5.74) is 7.31. The van der Waals surface area contributed by atoms with Gasteiger partial charge in [0.2, 0.25) is 5.91 Å². The molecule has 1 amide bonds. The van der Waals surface area contributed by atoms with Gasteiger partial charge in [-0.25, -0.2) is 29.3 Å². The number of imidazole rings is 1. The molecule has 0 aliphatic carbocycles. The number of benzene rings is 5. The highest BCUT2D eigenvalue weighted by atomic mass is 16.5. The smallest absolute Gasteiger partial charge is 0.335 e. The van der Waals surface area contributed by atoms with Crippen molar-refractivity contribution < 1.29 is 14.3 Å². The number of nitriles is 2. The van der Waals surface area contributed by atoms with Crippen LogP contribution in [0.15, 0.2) is 132 Å². The van der Waals surface area contributed by atoms with Gasteiger partial charge in [0.1, 0.15) is 40.7 Å². The minimum Gasteiger partial charge on any atom is -0.494 e. The molecule has 0 fully saturated rings. The van der Waals surface area contributed by atoms with E-state index < -0.39 is 0 Å². The van der Waals surface area contributed by atoms with Crippen LogP contribution in [-0.4, -0.2) is 48.2 Å². The molecule has 4 heterocycles. The zero-order valence-corrected chi connectivity index (χ0v) is 35.1. The predicted molar refractivity (Wildman–Crippen MR) is 240 cm³/mol. The van der Waals surface area contributed by atoms with Gasteiger partial charge in [0.25, 0.3) is 0 Å². The third kappa shape index (κ3) is 8.23. The molecule has 0 unspecified atom stereocenters. The molecule has 63 heavy (non-hydrogen) atoms. The fraction of sp³-hybridized carbons (Fsp3) is 0.160. The number of aromatic nitrogens is 6. The molecule has 13 nitrogen and oxygen atoms in total. The first-order valence-corrected chi connectivity index (χ1v) is 20.4. The average Bonchev–Trinajstić information content (AvgIpc) is 3.79. The molecule has 1 aliphatic heterocycles. The van der Waals surface area contributed by atoms with Crippen LogP contribution in [0.4, 0.5) is 11.5 Å². The fourth-order valence-corrected chi connectivity index (χ4v) is 7.49. The summed E-state index contributed by atoms with van der Waals surface area (Å²) in [6.45, 7) is 9.19. The lowest BCUT2D eigenvalue weighted by atomic mass is 10.1. The first-order chi connectivity index (χ1) is 30.7. The lowest BCUT2D eigenvalue weighted by Gasteiger charge is -2.19. The van der Waals surface area contributed by atoms with Crippen LogP contribution in [-0.2, 0) is 17.8 Å². The Hall–Kier alpha value is -8.42. The lowest BCUT2D eigenvalue weighted by Crippen LogP contribution is -2.24. The Balaban J connectivity index is 0.000000177. The molecule has 5 aromatic carbocycles. The van der Waals surface area contributed by atoms with Crippen LogP contribution in [0.2, 0.25) is 0 Å². The third-order valence-electron chi connectivity index (χ3n) is 10.5. The quantitative estimate of drug-likeness (QED) is 0.130. The van der Waals surface area contributed by atoms with Crippen LogP contribution in [0.25, 0.3) is 39.6 Å². The van der Waals surface area contributed by atoms with Crippen LogP contribution >= 0.6 is 0 Å². The number of aryl methyl sites for hydroxylation is 2. The van der Waals surface area contributed by atoms with Crippen LogP contribution in [0, 0.1) is 36.5 Å². The van der Waals surface area contributed by atoms with E-state index in [0.717, 1.165) is 50.7 Å². The first kappa shape index (κ1) is 41.3. The zero-order valence-electron chi connectivity index (χ0n) is 35.1. The van der Waals surface area contributed by atoms with Crippen molar-refractivity contribution in [3.05, 3.63) is 172 Å². The second-order valence-corrected chi connectivity index (χ2v) is 14.6. The number of carbonyl (C=O) groups excluding carboxylic acids is 1. The number of para-hydroxylation sites is 2. The molecule has 0 radical (unpaired) electrons. The largest absolute Gasteiger partial charge is 0.494 e. The summed E-state index contributed by atoms with van der Waals surface area (Å²) in [7, 11) is 0. The van der Waals surface area contributed by atoms with E-state index in [2.05, 4.69) is 27.1 Å². The van der Waals surface area contributed by atoms with Crippen molar-refractivity contribution in [2.75, 3.05) is 18.1 Å². The van der Waals surface area contributed by atoms with Crippen LogP contribution < -0.4 is 20.1 Å². The van der Waals surface area contributed by atoms with E-state index in [1.165, 1.54) is 0 Å². The number of rotatable bonds is 10. The SMILES string of the molecule is CCOc1ccc(-c2nc(C#N)c3c(n2)N(c2ccccc2C)C(=O)C3)cc1.CCOc1ccc(-c2nc(C#N)c3c(n2)n(-c2ccccc2C)c(=O)n3Cc2ccccc2)cc1. The lowest BCUT2D eigenvalue weighted by molar-refractivity contribution is -0.116. The Labute approximate surface area is 363 Å². The van der Waals surface area contributed by atoms with Crippen molar-refractivity contribution >= 4 is 28.6 Å². The monoisotopic (exact) mass is 831 g/mol. The summed E-state index contributed by atoms with van der Waals surface area (Å²) in [6, 6.07) is 44.0.